The Morgan fingerprint density at radius 2 is 1.93 bits per heavy atom. The standard InChI is InChI=1S/C19H21F3N4O/c1-14(18(27)24-16-6-4-5-15(13-16)19(20,21)22)25-9-11-26(12-10-25)17-7-2-3-8-23-17/h2-8,13-14H,9-12H2,1H3,(H,24,27)/p+2/t14-/m0/s1. The first-order valence-corrected chi connectivity index (χ1v) is 8.89. The fourth-order valence-corrected chi connectivity index (χ4v) is 3.26. The summed E-state index contributed by atoms with van der Waals surface area (Å²) in [6.07, 6.45) is -2.55. The van der Waals surface area contributed by atoms with Crippen molar-refractivity contribution in [3.63, 3.8) is 0 Å². The summed E-state index contributed by atoms with van der Waals surface area (Å²) in [5.41, 5.74) is -0.605. The van der Waals surface area contributed by atoms with Crippen LogP contribution in [-0.2, 0) is 11.0 Å². The first kappa shape index (κ1) is 19.2. The smallest absolute Gasteiger partial charge is 0.321 e. The van der Waals surface area contributed by atoms with E-state index >= 15 is 0 Å². The molecular formula is C19H23F3N4O+2. The monoisotopic (exact) mass is 380 g/mol. The van der Waals surface area contributed by atoms with Crippen molar-refractivity contribution in [3.8, 4) is 0 Å². The van der Waals surface area contributed by atoms with Crippen molar-refractivity contribution in [3.05, 3.63) is 54.2 Å². The predicted molar refractivity (Wildman–Crippen MR) is 95.4 cm³/mol. The van der Waals surface area contributed by atoms with Crippen LogP contribution >= 0.6 is 0 Å². The number of carbonyl (C=O) groups excluding carboxylic acids is 1. The van der Waals surface area contributed by atoms with Gasteiger partial charge in [0.05, 0.1) is 11.8 Å². The number of H-pyrrole nitrogens is 1. The van der Waals surface area contributed by atoms with Gasteiger partial charge in [-0.2, -0.15) is 13.2 Å². The van der Waals surface area contributed by atoms with Crippen molar-refractivity contribution in [2.24, 2.45) is 0 Å². The highest BCUT2D eigenvalue weighted by atomic mass is 19.4. The van der Waals surface area contributed by atoms with Crippen molar-refractivity contribution < 1.29 is 27.8 Å². The van der Waals surface area contributed by atoms with Gasteiger partial charge in [-0.15, -0.1) is 0 Å². The average molecular weight is 380 g/mol. The highest BCUT2D eigenvalue weighted by Gasteiger charge is 2.33. The highest BCUT2D eigenvalue weighted by molar-refractivity contribution is 5.93. The number of hydrogen-bond donors (Lipinski definition) is 2. The van der Waals surface area contributed by atoms with Gasteiger partial charge in [0.2, 0.25) is 0 Å². The molecule has 0 saturated carbocycles. The normalized spacial score (nSPS) is 16.8. The molecule has 1 aliphatic rings. The van der Waals surface area contributed by atoms with E-state index in [1.165, 1.54) is 12.1 Å². The van der Waals surface area contributed by atoms with Gasteiger partial charge in [0.1, 0.15) is 26.2 Å². The molecule has 1 atom stereocenters. The molecule has 144 valence electrons. The molecule has 2 aromatic rings. The third-order valence-electron chi connectivity index (χ3n) is 4.90. The summed E-state index contributed by atoms with van der Waals surface area (Å²) in [6, 6.07) is 10.3. The van der Waals surface area contributed by atoms with E-state index in [1.54, 1.807) is 0 Å². The Morgan fingerprint density at radius 3 is 2.56 bits per heavy atom. The van der Waals surface area contributed by atoms with Crippen LogP contribution in [0.3, 0.4) is 0 Å². The molecule has 3 N–H and O–H groups in total. The van der Waals surface area contributed by atoms with Gasteiger partial charge < -0.3 is 10.2 Å². The van der Waals surface area contributed by atoms with Crippen molar-refractivity contribution >= 4 is 17.4 Å². The minimum Gasteiger partial charge on any atom is -0.321 e. The second-order valence-corrected chi connectivity index (χ2v) is 6.68. The van der Waals surface area contributed by atoms with Gasteiger partial charge in [0.15, 0.2) is 6.04 Å². The summed E-state index contributed by atoms with van der Waals surface area (Å²) in [7, 11) is 0. The van der Waals surface area contributed by atoms with Crippen molar-refractivity contribution in [2.75, 3.05) is 36.4 Å². The Bertz CT molecular complexity index is 774. The van der Waals surface area contributed by atoms with Crippen LogP contribution in [0.25, 0.3) is 0 Å². The lowest BCUT2D eigenvalue weighted by Crippen LogP contribution is -3.19. The van der Waals surface area contributed by atoms with E-state index in [9.17, 15) is 18.0 Å². The molecule has 2 heterocycles. The number of nitrogens with one attached hydrogen (secondary N) is 3. The van der Waals surface area contributed by atoms with E-state index in [1.807, 2.05) is 31.3 Å². The molecular weight excluding hydrogens is 357 g/mol. The maximum atomic E-state index is 12.8. The zero-order chi connectivity index (χ0) is 19.4. The fourth-order valence-electron chi connectivity index (χ4n) is 3.26. The molecule has 5 nitrogen and oxygen atoms in total. The number of piperazine rings is 1. The largest absolute Gasteiger partial charge is 0.416 e. The SMILES string of the molecule is C[C@@H](C(=O)Nc1cccc(C(F)(F)F)c1)[NH+]1CCN(c2cccc[nH+]2)CC1. The van der Waals surface area contributed by atoms with Gasteiger partial charge in [-0.1, -0.05) is 12.1 Å². The highest BCUT2D eigenvalue weighted by Crippen LogP contribution is 2.30. The van der Waals surface area contributed by atoms with E-state index in [0.29, 0.717) is 0 Å². The molecule has 1 saturated heterocycles. The van der Waals surface area contributed by atoms with Crippen LogP contribution < -0.4 is 20.1 Å². The van der Waals surface area contributed by atoms with Crippen LogP contribution in [0.5, 0.6) is 0 Å². The predicted octanol–water partition coefficient (Wildman–Crippen LogP) is 1.25. The van der Waals surface area contributed by atoms with E-state index in [4.69, 9.17) is 0 Å². The maximum absolute atomic E-state index is 12.8. The van der Waals surface area contributed by atoms with Gasteiger partial charge in [0, 0.05) is 11.8 Å². The van der Waals surface area contributed by atoms with Gasteiger partial charge in [-0.3, -0.25) is 9.69 Å². The first-order chi connectivity index (χ1) is 12.8. The Kier molecular flexibility index (Phi) is 5.65. The molecule has 3 rings (SSSR count). The number of alkyl halides is 3. The number of quaternary nitrogens is 1. The Balaban J connectivity index is 1.57. The Hall–Kier alpha value is -2.61. The zero-order valence-corrected chi connectivity index (χ0v) is 15.0. The number of hydrogen-bond acceptors (Lipinski definition) is 2. The molecule has 0 radical (unpaired) electrons. The molecule has 27 heavy (non-hydrogen) atoms. The lowest BCUT2D eigenvalue weighted by atomic mass is 10.1. The topological polar surface area (TPSA) is 50.9 Å². The number of carbonyl (C=O) groups is 1. The minimum absolute atomic E-state index is 0.165. The van der Waals surface area contributed by atoms with Gasteiger partial charge >= 0.3 is 6.18 Å². The van der Waals surface area contributed by atoms with Gasteiger partial charge in [-0.05, 0) is 31.2 Å². The summed E-state index contributed by atoms with van der Waals surface area (Å²) in [5.74, 6) is 0.765. The molecule has 1 aromatic heterocycles. The van der Waals surface area contributed by atoms with Gasteiger partial charge in [-0.25, -0.2) is 4.98 Å². The first-order valence-electron chi connectivity index (χ1n) is 8.89. The van der Waals surface area contributed by atoms with Crippen LogP contribution in [0.4, 0.5) is 24.7 Å². The molecule has 0 bridgehead atoms. The average Bonchev–Trinajstić information content (AvgIpc) is 2.68. The van der Waals surface area contributed by atoms with Crippen molar-refractivity contribution in [1.82, 2.24) is 0 Å². The molecule has 1 amide bonds. The lowest BCUT2D eigenvalue weighted by molar-refractivity contribution is -0.914. The van der Waals surface area contributed by atoms with Crippen molar-refractivity contribution in [2.45, 2.75) is 19.1 Å². The molecule has 0 spiro atoms. The third kappa shape index (κ3) is 4.77. The van der Waals surface area contributed by atoms with Crippen molar-refractivity contribution in [1.29, 1.82) is 0 Å². The van der Waals surface area contributed by atoms with Crippen LogP contribution in [0.15, 0.2) is 48.7 Å². The Morgan fingerprint density at radius 1 is 1.19 bits per heavy atom. The molecule has 0 aliphatic carbocycles. The molecule has 0 unspecified atom stereocenters. The number of rotatable bonds is 4. The second-order valence-electron chi connectivity index (χ2n) is 6.68. The summed E-state index contributed by atoms with van der Waals surface area (Å²) >= 11 is 0. The molecule has 1 fully saturated rings. The number of anilines is 2. The Labute approximate surface area is 155 Å². The summed E-state index contributed by atoms with van der Waals surface area (Å²) in [6.45, 7) is 4.97. The number of aromatic amines is 1. The third-order valence-corrected chi connectivity index (χ3v) is 4.90. The summed E-state index contributed by atoms with van der Waals surface area (Å²) in [4.78, 5) is 19.0. The van der Waals surface area contributed by atoms with E-state index in [0.717, 1.165) is 49.0 Å². The number of benzene rings is 1. The van der Waals surface area contributed by atoms with E-state index in [2.05, 4.69) is 15.2 Å². The van der Waals surface area contributed by atoms with Crippen LogP contribution in [0.2, 0.25) is 0 Å². The number of aromatic nitrogens is 1. The van der Waals surface area contributed by atoms with Crippen LogP contribution in [-0.4, -0.2) is 38.1 Å². The zero-order valence-electron chi connectivity index (χ0n) is 15.0. The van der Waals surface area contributed by atoms with E-state index < -0.39 is 11.7 Å². The summed E-state index contributed by atoms with van der Waals surface area (Å²) in [5, 5.41) is 2.61. The quantitative estimate of drug-likeness (QED) is 0.839. The van der Waals surface area contributed by atoms with Crippen LogP contribution in [0.1, 0.15) is 12.5 Å². The molecule has 1 aromatic carbocycles. The lowest BCUT2D eigenvalue weighted by Gasteiger charge is -2.31. The number of amides is 1. The van der Waals surface area contributed by atoms with Gasteiger partial charge in [0.25, 0.3) is 11.7 Å². The fraction of sp³-hybridized carbons (Fsp3) is 0.368. The number of halogens is 3. The molecule has 1 aliphatic heterocycles. The number of nitrogens with zero attached hydrogens (tertiary/aromatic N) is 1. The maximum Gasteiger partial charge on any atom is 0.416 e. The number of pyridine rings is 1. The summed E-state index contributed by atoms with van der Waals surface area (Å²) < 4.78 is 38.4. The second kappa shape index (κ2) is 7.96. The van der Waals surface area contributed by atoms with E-state index in [-0.39, 0.29) is 17.6 Å². The van der Waals surface area contributed by atoms with Crippen LogP contribution in [0, 0.1) is 0 Å². The minimum atomic E-state index is -4.43. The molecule has 8 heteroatoms.